The van der Waals surface area contributed by atoms with Crippen LogP contribution in [0.1, 0.15) is 4.88 Å². The summed E-state index contributed by atoms with van der Waals surface area (Å²) in [5, 5.41) is 0.927. The number of hydrogen-bond donors (Lipinski definition) is 1. The number of morpholine rings is 1. The molecule has 33 heavy (non-hydrogen) atoms. The lowest BCUT2D eigenvalue weighted by atomic mass is 10.1. The van der Waals surface area contributed by atoms with Crippen molar-refractivity contribution in [3.05, 3.63) is 41.2 Å². The van der Waals surface area contributed by atoms with Crippen LogP contribution in [0.3, 0.4) is 0 Å². The molecule has 2 aliphatic rings. The van der Waals surface area contributed by atoms with E-state index in [1.54, 1.807) is 11.3 Å². The quantitative estimate of drug-likeness (QED) is 0.496. The molecule has 4 aromatic rings. The van der Waals surface area contributed by atoms with E-state index in [4.69, 9.17) is 14.7 Å². The first-order valence-electron chi connectivity index (χ1n) is 11.4. The predicted molar refractivity (Wildman–Crippen MR) is 130 cm³/mol. The number of aromatic nitrogens is 3. The van der Waals surface area contributed by atoms with E-state index in [0.717, 1.165) is 78.3 Å². The van der Waals surface area contributed by atoms with Gasteiger partial charge in [0.1, 0.15) is 5.82 Å². The molecule has 2 aliphatic heterocycles. The Morgan fingerprint density at radius 3 is 2.70 bits per heavy atom. The molecule has 172 valence electrons. The molecule has 0 unspecified atom stereocenters. The first-order valence-corrected chi connectivity index (χ1v) is 12.3. The van der Waals surface area contributed by atoms with Crippen LogP contribution < -0.4 is 4.90 Å². The van der Waals surface area contributed by atoms with Crippen molar-refractivity contribution in [3.8, 4) is 11.4 Å². The van der Waals surface area contributed by atoms with Crippen molar-refractivity contribution < 1.29 is 9.13 Å². The maximum absolute atomic E-state index is 14.4. The number of benzene rings is 1. The highest BCUT2D eigenvalue weighted by atomic mass is 32.1. The van der Waals surface area contributed by atoms with Crippen molar-refractivity contribution in [2.45, 2.75) is 6.54 Å². The molecule has 3 aromatic heterocycles. The Morgan fingerprint density at radius 1 is 1.06 bits per heavy atom. The number of halogens is 1. The molecule has 0 aliphatic carbocycles. The van der Waals surface area contributed by atoms with Crippen molar-refractivity contribution in [1.29, 1.82) is 0 Å². The maximum atomic E-state index is 14.4. The minimum atomic E-state index is -0.294. The van der Waals surface area contributed by atoms with Crippen LogP contribution in [-0.4, -0.2) is 84.3 Å². The third-order valence-electron chi connectivity index (χ3n) is 6.57. The van der Waals surface area contributed by atoms with E-state index in [-0.39, 0.29) is 5.82 Å². The SMILES string of the molecule is CN1CCN(Cc2cc3nc(-c4cc(F)cc5[nH]ccc45)nc(N4CCOCC4)c3s2)CC1. The number of fused-ring (bicyclic) bond motifs is 2. The monoisotopic (exact) mass is 466 g/mol. The Hall–Kier alpha value is -2.59. The first-order chi connectivity index (χ1) is 16.1. The van der Waals surface area contributed by atoms with Crippen LogP contribution in [0.5, 0.6) is 0 Å². The van der Waals surface area contributed by atoms with Crippen LogP contribution in [-0.2, 0) is 11.3 Å². The average molecular weight is 467 g/mol. The molecule has 0 spiro atoms. The number of piperazine rings is 1. The van der Waals surface area contributed by atoms with E-state index < -0.39 is 0 Å². The summed E-state index contributed by atoms with van der Waals surface area (Å²) in [5.74, 6) is 1.20. The highest BCUT2D eigenvalue weighted by molar-refractivity contribution is 7.19. The Balaban J connectivity index is 1.44. The minimum Gasteiger partial charge on any atom is -0.378 e. The highest BCUT2D eigenvalue weighted by Crippen LogP contribution is 2.36. The van der Waals surface area contributed by atoms with Crippen molar-refractivity contribution >= 4 is 38.3 Å². The van der Waals surface area contributed by atoms with E-state index in [9.17, 15) is 4.39 Å². The molecule has 0 saturated carbocycles. The predicted octanol–water partition coefficient (Wildman–Crippen LogP) is 3.56. The van der Waals surface area contributed by atoms with Crippen LogP contribution in [0, 0.1) is 5.82 Å². The summed E-state index contributed by atoms with van der Waals surface area (Å²) < 4.78 is 21.1. The smallest absolute Gasteiger partial charge is 0.163 e. The molecular formula is C24H27FN6OS. The van der Waals surface area contributed by atoms with Crippen molar-refractivity contribution in [2.75, 3.05) is 64.4 Å². The first kappa shape index (κ1) is 21.0. The normalized spacial score (nSPS) is 18.5. The number of anilines is 1. The summed E-state index contributed by atoms with van der Waals surface area (Å²) in [6.07, 6.45) is 1.83. The molecule has 5 heterocycles. The van der Waals surface area contributed by atoms with Gasteiger partial charge >= 0.3 is 0 Å². The van der Waals surface area contributed by atoms with Gasteiger partial charge in [-0.15, -0.1) is 11.3 Å². The van der Waals surface area contributed by atoms with Crippen molar-refractivity contribution in [2.24, 2.45) is 0 Å². The topological polar surface area (TPSA) is 60.5 Å². The number of nitrogens with one attached hydrogen (secondary N) is 1. The van der Waals surface area contributed by atoms with Crippen LogP contribution >= 0.6 is 11.3 Å². The van der Waals surface area contributed by atoms with E-state index in [1.165, 1.54) is 17.0 Å². The van der Waals surface area contributed by atoms with Gasteiger partial charge in [-0.05, 0) is 31.3 Å². The lowest BCUT2D eigenvalue weighted by Crippen LogP contribution is -2.43. The van der Waals surface area contributed by atoms with E-state index >= 15 is 0 Å². The molecule has 1 aromatic carbocycles. The minimum absolute atomic E-state index is 0.294. The zero-order valence-electron chi connectivity index (χ0n) is 18.7. The highest BCUT2D eigenvalue weighted by Gasteiger charge is 2.22. The Morgan fingerprint density at radius 2 is 1.88 bits per heavy atom. The second-order valence-electron chi connectivity index (χ2n) is 8.87. The average Bonchev–Trinajstić information content (AvgIpc) is 3.46. The number of aromatic amines is 1. The molecule has 2 saturated heterocycles. The van der Waals surface area contributed by atoms with Crippen LogP contribution in [0.4, 0.5) is 10.2 Å². The lowest BCUT2D eigenvalue weighted by molar-refractivity contribution is 0.122. The summed E-state index contributed by atoms with van der Waals surface area (Å²) in [5.41, 5.74) is 2.40. The van der Waals surface area contributed by atoms with Gasteiger partial charge in [0.25, 0.3) is 0 Å². The second kappa shape index (κ2) is 8.64. The molecule has 0 amide bonds. The number of likely N-dealkylation sites (N-methyl/N-ethyl adjacent to an activating group) is 1. The van der Waals surface area contributed by atoms with Gasteiger partial charge in [0, 0.05) is 73.4 Å². The zero-order valence-corrected chi connectivity index (χ0v) is 19.5. The van der Waals surface area contributed by atoms with Gasteiger partial charge in [-0.3, -0.25) is 4.90 Å². The Kier molecular flexibility index (Phi) is 5.49. The fourth-order valence-electron chi connectivity index (χ4n) is 4.70. The lowest BCUT2D eigenvalue weighted by Gasteiger charge is -2.31. The summed E-state index contributed by atoms with van der Waals surface area (Å²) in [4.78, 5) is 21.5. The molecule has 1 N–H and O–H groups in total. The third-order valence-corrected chi connectivity index (χ3v) is 7.67. The van der Waals surface area contributed by atoms with Crippen LogP contribution in [0.15, 0.2) is 30.5 Å². The molecule has 0 bridgehead atoms. The standard InChI is InChI=1S/C24H27FN6OS/c1-29-4-6-30(7-5-29)15-17-14-21-22(33-17)24(31-8-10-32-11-9-31)28-23(27-21)19-12-16(25)13-20-18(19)2-3-26-20/h2-3,12-14,26H,4-11,15H2,1H3. The Bertz CT molecular complexity index is 1290. The zero-order chi connectivity index (χ0) is 22.4. The van der Waals surface area contributed by atoms with Gasteiger partial charge < -0.3 is 19.5 Å². The molecule has 9 heteroatoms. The summed E-state index contributed by atoms with van der Waals surface area (Å²) in [6, 6.07) is 7.20. The van der Waals surface area contributed by atoms with Crippen LogP contribution in [0.25, 0.3) is 32.5 Å². The van der Waals surface area contributed by atoms with E-state index in [0.29, 0.717) is 19.0 Å². The van der Waals surface area contributed by atoms with Gasteiger partial charge in [0.05, 0.1) is 23.4 Å². The number of H-pyrrole nitrogens is 1. The van der Waals surface area contributed by atoms with Crippen LogP contribution in [0.2, 0.25) is 0 Å². The van der Waals surface area contributed by atoms with Gasteiger partial charge in [0.15, 0.2) is 11.6 Å². The van der Waals surface area contributed by atoms with Gasteiger partial charge in [-0.25, -0.2) is 14.4 Å². The second-order valence-corrected chi connectivity index (χ2v) is 10.0. The van der Waals surface area contributed by atoms with Crippen molar-refractivity contribution in [3.63, 3.8) is 0 Å². The third kappa shape index (κ3) is 4.10. The number of nitrogens with zero attached hydrogens (tertiary/aromatic N) is 5. The largest absolute Gasteiger partial charge is 0.378 e. The maximum Gasteiger partial charge on any atom is 0.163 e. The fourth-order valence-corrected chi connectivity index (χ4v) is 5.85. The van der Waals surface area contributed by atoms with E-state index in [2.05, 4.69) is 32.8 Å². The van der Waals surface area contributed by atoms with Gasteiger partial charge in [-0.1, -0.05) is 0 Å². The molecular weight excluding hydrogens is 439 g/mol. The molecule has 0 radical (unpaired) electrons. The number of thiophene rings is 1. The van der Waals surface area contributed by atoms with E-state index in [1.807, 2.05) is 12.3 Å². The molecule has 2 fully saturated rings. The van der Waals surface area contributed by atoms with Gasteiger partial charge in [0.2, 0.25) is 0 Å². The fraction of sp³-hybridized carbons (Fsp3) is 0.417. The summed E-state index contributed by atoms with van der Waals surface area (Å²) in [7, 11) is 2.18. The molecule has 7 nitrogen and oxygen atoms in total. The number of ether oxygens (including phenoxy) is 1. The summed E-state index contributed by atoms with van der Waals surface area (Å²) >= 11 is 1.78. The number of rotatable bonds is 4. The number of hydrogen-bond acceptors (Lipinski definition) is 7. The van der Waals surface area contributed by atoms with Crippen molar-refractivity contribution in [1.82, 2.24) is 24.8 Å². The molecule has 6 rings (SSSR count). The summed E-state index contributed by atoms with van der Waals surface area (Å²) in [6.45, 7) is 8.22. The van der Waals surface area contributed by atoms with Gasteiger partial charge in [-0.2, -0.15) is 0 Å². The molecule has 0 atom stereocenters. The Labute approximate surface area is 195 Å².